The summed E-state index contributed by atoms with van der Waals surface area (Å²) in [5, 5.41) is 22.8. The monoisotopic (exact) mass is 405 g/mol. The molecule has 166 valence electrons. The Kier molecular flexibility index (Phi) is 11.3. The zero-order valence-corrected chi connectivity index (χ0v) is 18.0. The van der Waals surface area contributed by atoms with E-state index >= 15 is 0 Å². The number of hydrogen-bond acceptors (Lipinski definition) is 7. The molecule has 0 aromatic heterocycles. The molecule has 8 heteroatoms. The van der Waals surface area contributed by atoms with Gasteiger partial charge in [-0.2, -0.15) is 0 Å². The molecule has 0 saturated heterocycles. The van der Waals surface area contributed by atoms with Gasteiger partial charge < -0.3 is 34.5 Å². The Morgan fingerprint density at radius 3 is 2.36 bits per heavy atom. The van der Waals surface area contributed by atoms with Gasteiger partial charge in [0.25, 0.3) is 6.48 Å². The van der Waals surface area contributed by atoms with Crippen LogP contribution < -0.4 is 5.32 Å². The molecule has 1 rings (SSSR count). The Balaban J connectivity index is 2.97. The summed E-state index contributed by atoms with van der Waals surface area (Å²) in [5.74, 6) is 0.402. The van der Waals surface area contributed by atoms with Crippen molar-refractivity contribution in [1.29, 1.82) is 0 Å². The highest BCUT2D eigenvalue weighted by atomic mass is 16.8. The molecule has 0 aromatic rings. The van der Waals surface area contributed by atoms with Crippen molar-refractivity contribution in [2.24, 2.45) is 5.92 Å². The third-order valence-corrected chi connectivity index (χ3v) is 4.74. The van der Waals surface area contributed by atoms with Gasteiger partial charge in [-0.3, -0.25) is 0 Å². The van der Waals surface area contributed by atoms with Crippen LogP contribution in [0.5, 0.6) is 0 Å². The van der Waals surface area contributed by atoms with E-state index in [0.717, 1.165) is 25.7 Å². The lowest BCUT2D eigenvalue weighted by molar-refractivity contribution is -0.307. The molecule has 3 N–H and O–H groups in total. The van der Waals surface area contributed by atoms with Crippen molar-refractivity contribution < 1.29 is 34.0 Å². The smallest absolute Gasteiger partial charge is 0.407 e. The fourth-order valence-corrected chi connectivity index (χ4v) is 3.50. The normalized spacial score (nSPS) is 20.2. The van der Waals surface area contributed by atoms with Crippen molar-refractivity contribution >= 4 is 6.09 Å². The second-order valence-corrected chi connectivity index (χ2v) is 8.32. The molecule has 0 spiro atoms. The summed E-state index contributed by atoms with van der Waals surface area (Å²) >= 11 is 0. The Morgan fingerprint density at radius 1 is 1.21 bits per heavy atom. The number of ether oxygens (including phenoxy) is 4. The lowest BCUT2D eigenvalue weighted by Gasteiger charge is -2.36. The van der Waals surface area contributed by atoms with E-state index in [9.17, 15) is 15.0 Å². The van der Waals surface area contributed by atoms with Crippen LogP contribution in [-0.4, -0.2) is 67.0 Å². The fraction of sp³-hybridized carbons (Fsp3) is 0.950. The molecule has 1 saturated carbocycles. The molecule has 4 atom stereocenters. The van der Waals surface area contributed by atoms with Crippen molar-refractivity contribution in [3.63, 3.8) is 0 Å². The maximum atomic E-state index is 12.4. The summed E-state index contributed by atoms with van der Waals surface area (Å²) in [6.07, 6.45) is 3.56. The van der Waals surface area contributed by atoms with E-state index in [1.54, 1.807) is 27.7 Å². The average Bonchev–Trinajstić information content (AvgIpc) is 2.63. The molecule has 8 nitrogen and oxygen atoms in total. The van der Waals surface area contributed by atoms with Crippen LogP contribution in [0.2, 0.25) is 0 Å². The minimum atomic E-state index is -1.21. The first-order chi connectivity index (χ1) is 13.2. The van der Waals surface area contributed by atoms with E-state index in [2.05, 4.69) is 5.32 Å². The van der Waals surface area contributed by atoms with Crippen LogP contribution in [0.25, 0.3) is 0 Å². The third kappa shape index (κ3) is 9.52. The number of aliphatic hydroxyl groups is 2. The van der Waals surface area contributed by atoms with E-state index in [4.69, 9.17) is 18.9 Å². The van der Waals surface area contributed by atoms with E-state index in [-0.39, 0.29) is 0 Å². The standard InChI is InChI=1S/C20H39NO7/c1-6-26-19(25-5)27-17(16(23)13-22)15(12-14-10-8-7-9-11-14)21-18(24)28-20(2,3)4/h14-17,19,22-23H,6-13H2,1-5H3,(H,21,24)/t15-,16?,17+,19?/m0/s1. The van der Waals surface area contributed by atoms with Gasteiger partial charge in [-0.1, -0.05) is 32.1 Å². The van der Waals surface area contributed by atoms with Gasteiger partial charge in [0.2, 0.25) is 0 Å². The molecule has 1 amide bonds. The predicted molar refractivity (Wildman–Crippen MR) is 105 cm³/mol. The molecule has 1 aliphatic rings. The van der Waals surface area contributed by atoms with E-state index in [1.165, 1.54) is 13.5 Å². The second-order valence-electron chi connectivity index (χ2n) is 8.32. The molecule has 28 heavy (non-hydrogen) atoms. The largest absolute Gasteiger partial charge is 0.444 e. The number of rotatable bonds is 11. The van der Waals surface area contributed by atoms with Crippen LogP contribution in [0.1, 0.15) is 66.2 Å². The van der Waals surface area contributed by atoms with Gasteiger partial charge in [-0.25, -0.2) is 4.79 Å². The Hall–Kier alpha value is -0.930. The number of aliphatic hydroxyl groups excluding tert-OH is 2. The Labute approximate surface area is 168 Å². The van der Waals surface area contributed by atoms with Gasteiger partial charge in [0, 0.05) is 13.7 Å². The van der Waals surface area contributed by atoms with Gasteiger partial charge in [-0.15, -0.1) is 0 Å². The first kappa shape index (κ1) is 25.1. The van der Waals surface area contributed by atoms with Gasteiger partial charge in [0.05, 0.1) is 12.6 Å². The highest BCUT2D eigenvalue weighted by molar-refractivity contribution is 5.68. The van der Waals surface area contributed by atoms with Crippen molar-refractivity contribution in [2.45, 2.75) is 96.5 Å². The molecule has 2 unspecified atom stereocenters. The topological polar surface area (TPSA) is 106 Å². The van der Waals surface area contributed by atoms with Crippen LogP contribution in [0.3, 0.4) is 0 Å². The number of amides is 1. The summed E-state index contributed by atoms with van der Waals surface area (Å²) in [4.78, 5) is 12.4. The van der Waals surface area contributed by atoms with Crippen molar-refractivity contribution in [3.05, 3.63) is 0 Å². The molecule has 0 aromatic carbocycles. The summed E-state index contributed by atoms with van der Waals surface area (Å²) in [6, 6.07) is -0.557. The number of alkyl carbamates (subject to hydrolysis) is 1. The first-order valence-electron chi connectivity index (χ1n) is 10.3. The minimum absolute atomic E-state index is 0.354. The zero-order chi connectivity index (χ0) is 21.2. The van der Waals surface area contributed by atoms with Crippen molar-refractivity contribution in [3.8, 4) is 0 Å². The maximum absolute atomic E-state index is 12.4. The van der Waals surface area contributed by atoms with Gasteiger partial charge in [0.1, 0.15) is 17.8 Å². The summed E-state index contributed by atoms with van der Waals surface area (Å²) in [6.45, 7) is 5.99. The highest BCUT2D eigenvalue weighted by Gasteiger charge is 2.35. The number of methoxy groups -OCH3 is 1. The predicted octanol–water partition coefficient (Wildman–Crippen LogP) is 2.55. The summed E-state index contributed by atoms with van der Waals surface area (Å²) < 4.78 is 21.7. The van der Waals surface area contributed by atoms with Crippen molar-refractivity contribution in [1.82, 2.24) is 5.32 Å². The van der Waals surface area contributed by atoms with Crippen molar-refractivity contribution in [2.75, 3.05) is 20.3 Å². The van der Waals surface area contributed by atoms with E-state index in [0.29, 0.717) is 18.9 Å². The van der Waals surface area contributed by atoms with Crippen LogP contribution in [-0.2, 0) is 18.9 Å². The second kappa shape index (κ2) is 12.6. The molecule has 0 radical (unpaired) electrons. The number of hydrogen-bond donors (Lipinski definition) is 3. The quantitative estimate of drug-likeness (QED) is 0.454. The highest BCUT2D eigenvalue weighted by Crippen LogP contribution is 2.29. The first-order valence-corrected chi connectivity index (χ1v) is 10.3. The average molecular weight is 406 g/mol. The Morgan fingerprint density at radius 2 is 1.86 bits per heavy atom. The molecule has 0 bridgehead atoms. The number of carbonyl (C=O) groups is 1. The van der Waals surface area contributed by atoms with E-state index < -0.39 is 43.0 Å². The SMILES string of the molecule is CCOC(OC)O[C@@H](C(O)CO)[C@H](CC1CCCCC1)NC(=O)OC(C)(C)C. The summed E-state index contributed by atoms with van der Waals surface area (Å²) in [7, 11) is 1.43. The molecule has 0 heterocycles. The summed E-state index contributed by atoms with van der Waals surface area (Å²) in [5.41, 5.74) is -0.647. The fourth-order valence-electron chi connectivity index (χ4n) is 3.50. The molecule has 1 aliphatic carbocycles. The molecule has 0 aliphatic heterocycles. The van der Waals surface area contributed by atoms with Crippen LogP contribution >= 0.6 is 0 Å². The third-order valence-electron chi connectivity index (χ3n) is 4.74. The maximum Gasteiger partial charge on any atom is 0.407 e. The lowest BCUT2D eigenvalue weighted by atomic mass is 9.83. The van der Waals surface area contributed by atoms with Gasteiger partial charge in [0.15, 0.2) is 0 Å². The molecular weight excluding hydrogens is 366 g/mol. The van der Waals surface area contributed by atoms with Gasteiger partial charge in [-0.05, 0) is 40.0 Å². The zero-order valence-electron chi connectivity index (χ0n) is 18.0. The van der Waals surface area contributed by atoms with Crippen LogP contribution in [0.4, 0.5) is 4.79 Å². The lowest BCUT2D eigenvalue weighted by Crippen LogP contribution is -2.54. The van der Waals surface area contributed by atoms with E-state index in [1.807, 2.05) is 0 Å². The number of carbonyl (C=O) groups excluding carboxylic acids is 1. The molecule has 1 fully saturated rings. The minimum Gasteiger partial charge on any atom is -0.444 e. The van der Waals surface area contributed by atoms with Crippen LogP contribution in [0.15, 0.2) is 0 Å². The van der Waals surface area contributed by atoms with Crippen LogP contribution in [0, 0.1) is 5.92 Å². The Bertz CT molecular complexity index is 435. The number of nitrogens with one attached hydrogen (secondary N) is 1. The van der Waals surface area contributed by atoms with Gasteiger partial charge >= 0.3 is 6.09 Å². The molecular formula is C20H39NO7.